The van der Waals surface area contributed by atoms with Crippen LogP contribution in [-0.4, -0.2) is 31.3 Å². The molecule has 0 heterocycles. The van der Waals surface area contributed by atoms with Gasteiger partial charge in [-0.3, -0.25) is 0 Å². The molecular weight excluding hydrogens is 270 g/mol. The Morgan fingerprint density at radius 3 is 2.57 bits per heavy atom. The van der Waals surface area contributed by atoms with E-state index in [-0.39, 0.29) is 5.56 Å². The van der Waals surface area contributed by atoms with Crippen LogP contribution in [0.1, 0.15) is 10.4 Å². The predicted octanol–water partition coefficient (Wildman–Crippen LogP) is 2.88. The molecule has 0 aliphatic rings. The number of anilines is 1. The van der Waals surface area contributed by atoms with Crippen LogP contribution in [-0.2, 0) is 0 Å². The molecule has 21 heavy (non-hydrogen) atoms. The lowest BCUT2D eigenvalue weighted by molar-refractivity contribution is 0.0696. The molecule has 0 bridgehead atoms. The molecule has 110 valence electrons. The number of benzene rings is 2. The quantitative estimate of drug-likeness (QED) is 0.766. The average molecular weight is 287 g/mol. The molecule has 0 radical (unpaired) electrons. The van der Waals surface area contributed by atoms with Crippen LogP contribution in [0.2, 0.25) is 0 Å². The molecule has 2 aromatic carbocycles. The van der Waals surface area contributed by atoms with Gasteiger partial charge in [0.1, 0.15) is 18.1 Å². The largest absolute Gasteiger partial charge is 0.497 e. The molecule has 2 aromatic rings. The third kappa shape index (κ3) is 4.42. The van der Waals surface area contributed by atoms with Crippen molar-refractivity contribution in [3.8, 4) is 11.5 Å². The monoisotopic (exact) mass is 287 g/mol. The van der Waals surface area contributed by atoms with Gasteiger partial charge in [-0.2, -0.15) is 0 Å². The lowest BCUT2D eigenvalue weighted by Gasteiger charge is -2.09. The highest BCUT2D eigenvalue weighted by Crippen LogP contribution is 2.15. The molecule has 0 saturated heterocycles. The SMILES string of the molecule is COc1ccc(NCCOc2cccc(C(=O)O)c2)cc1. The third-order valence-corrected chi connectivity index (χ3v) is 2.87. The van der Waals surface area contributed by atoms with Gasteiger partial charge < -0.3 is 19.9 Å². The van der Waals surface area contributed by atoms with E-state index in [4.69, 9.17) is 14.6 Å². The van der Waals surface area contributed by atoms with Gasteiger partial charge in [-0.15, -0.1) is 0 Å². The Balaban J connectivity index is 1.78. The second-order valence-corrected chi connectivity index (χ2v) is 4.34. The van der Waals surface area contributed by atoms with Gasteiger partial charge in [-0.05, 0) is 42.5 Å². The summed E-state index contributed by atoms with van der Waals surface area (Å²) in [6.45, 7) is 1.05. The molecule has 0 aromatic heterocycles. The number of carboxylic acid groups (broad SMARTS) is 1. The van der Waals surface area contributed by atoms with Crippen LogP contribution in [0.4, 0.5) is 5.69 Å². The number of nitrogens with one attached hydrogen (secondary N) is 1. The second-order valence-electron chi connectivity index (χ2n) is 4.34. The lowest BCUT2D eigenvalue weighted by Crippen LogP contribution is -2.11. The summed E-state index contributed by atoms with van der Waals surface area (Å²) >= 11 is 0. The van der Waals surface area contributed by atoms with E-state index in [9.17, 15) is 4.79 Å². The molecule has 0 unspecified atom stereocenters. The van der Waals surface area contributed by atoms with Crippen molar-refractivity contribution in [2.45, 2.75) is 0 Å². The van der Waals surface area contributed by atoms with E-state index in [0.29, 0.717) is 18.9 Å². The van der Waals surface area contributed by atoms with E-state index in [2.05, 4.69) is 5.32 Å². The van der Waals surface area contributed by atoms with Crippen molar-refractivity contribution in [3.05, 3.63) is 54.1 Å². The van der Waals surface area contributed by atoms with Gasteiger partial charge in [0.2, 0.25) is 0 Å². The zero-order chi connectivity index (χ0) is 15.1. The Bertz CT molecular complexity index is 595. The number of rotatable bonds is 7. The zero-order valence-corrected chi connectivity index (χ0v) is 11.7. The van der Waals surface area contributed by atoms with E-state index < -0.39 is 5.97 Å². The van der Waals surface area contributed by atoms with E-state index in [1.807, 2.05) is 24.3 Å². The van der Waals surface area contributed by atoms with Crippen LogP contribution in [0.3, 0.4) is 0 Å². The highest BCUT2D eigenvalue weighted by molar-refractivity contribution is 5.87. The van der Waals surface area contributed by atoms with Gasteiger partial charge in [0, 0.05) is 12.2 Å². The molecule has 0 aliphatic heterocycles. The van der Waals surface area contributed by atoms with Gasteiger partial charge in [-0.25, -0.2) is 4.79 Å². The average Bonchev–Trinajstić information content (AvgIpc) is 2.52. The summed E-state index contributed by atoms with van der Waals surface area (Å²) in [5.74, 6) is 0.394. The molecular formula is C16H17NO4. The first kappa shape index (κ1) is 14.7. The number of hydrogen-bond acceptors (Lipinski definition) is 4. The number of carboxylic acids is 1. The van der Waals surface area contributed by atoms with Crippen molar-refractivity contribution in [2.75, 3.05) is 25.6 Å². The summed E-state index contributed by atoms with van der Waals surface area (Å²) < 4.78 is 10.6. The summed E-state index contributed by atoms with van der Waals surface area (Å²) in [5, 5.41) is 12.1. The third-order valence-electron chi connectivity index (χ3n) is 2.87. The molecule has 0 spiro atoms. The highest BCUT2D eigenvalue weighted by atomic mass is 16.5. The van der Waals surface area contributed by atoms with Gasteiger partial charge >= 0.3 is 5.97 Å². The molecule has 5 nitrogen and oxygen atoms in total. The second kappa shape index (κ2) is 7.19. The van der Waals surface area contributed by atoms with E-state index in [0.717, 1.165) is 11.4 Å². The van der Waals surface area contributed by atoms with Crippen LogP contribution in [0.5, 0.6) is 11.5 Å². The van der Waals surface area contributed by atoms with Gasteiger partial charge in [0.25, 0.3) is 0 Å². The van der Waals surface area contributed by atoms with Crippen molar-refractivity contribution in [1.82, 2.24) is 0 Å². The van der Waals surface area contributed by atoms with Crippen molar-refractivity contribution < 1.29 is 19.4 Å². The number of methoxy groups -OCH3 is 1. The molecule has 0 amide bonds. The predicted molar refractivity (Wildman–Crippen MR) is 80.4 cm³/mol. The zero-order valence-electron chi connectivity index (χ0n) is 11.7. The van der Waals surface area contributed by atoms with E-state index in [1.165, 1.54) is 12.1 Å². The summed E-state index contributed by atoms with van der Waals surface area (Å²) in [6.07, 6.45) is 0. The standard InChI is InChI=1S/C16H17NO4/c1-20-14-7-5-13(6-8-14)17-9-10-21-15-4-2-3-12(11-15)16(18)19/h2-8,11,17H,9-10H2,1H3,(H,18,19). The lowest BCUT2D eigenvalue weighted by atomic mass is 10.2. The number of hydrogen-bond donors (Lipinski definition) is 2. The molecule has 2 rings (SSSR count). The Labute approximate surface area is 123 Å². The maximum Gasteiger partial charge on any atom is 0.335 e. The van der Waals surface area contributed by atoms with Crippen molar-refractivity contribution in [1.29, 1.82) is 0 Å². The highest BCUT2D eigenvalue weighted by Gasteiger charge is 2.03. The topological polar surface area (TPSA) is 67.8 Å². The normalized spacial score (nSPS) is 9.95. The summed E-state index contributed by atoms with van der Waals surface area (Å²) in [5.41, 5.74) is 1.19. The van der Waals surface area contributed by atoms with Crippen LogP contribution in [0.15, 0.2) is 48.5 Å². The minimum Gasteiger partial charge on any atom is -0.497 e. The Kier molecular flexibility index (Phi) is 5.04. The summed E-state index contributed by atoms with van der Waals surface area (Å²) in [7, 11) is 1.63. The van der Waals surface area contributed by atoms with Gasteiger partial charge in [0.15, 0.2) is 0 Å². The Morgan fingerprint density at radius 1 is 1.14 bits per heavy atom. The smallest absolute Gasteiger partial charge is 0.335 e. The molecule has 0 fully saturated rings. The minimum atomic E-state index is -0.961. The minimum absolute atomic E-state index is 0.218. The summed E-state index contributed by atoms with van der Waals surface area (Å²) in [6, 6.07) is 14.0. The molecule has 0 atom stereocenters. The Morgan fingerprint density at radius 2 is 1.90 bits per heavy atom. The number of aromatic carboxylic acids is 1. The van der Waals surface area contributed by atoms with Crippen LogP contribution >= 0.6 is 0 Å². The summed E-state index contributed by atoms with van der Waals surface area (Å²) in [4.78, 5) is 10.8. The van der Waals surface area contributed by atoms with E-state index in [1.54, 1.807) is 19.2 Å². The van der Waals surface area contributed by atoms with Gasteiger partial charge in [-0.1, -0.05) is 6.07 Å². The van der Waals surface area contributed by atoms with Crippen molar-refractivity contribution >= 4 is 11.7 Å². The fourth-order valence-electron chi connectivity index (χ4n) is 1.79. The number of ether oxygens (including phenoxy) is 2. The van der Waals surface area contributed by atoms with Crippen molar-refractivity contribution in [3.63, 3.8) is 0 Å². The molecule has 0 saturated carbocycles. The van der Waals surface area contributed by atoms with E-state index >= 15 is 0 Å². The fourth-order valence-corrected chi connectivity index (χ4v) is 1.79. The Hall–Kier alpha value is -2.69. The number of carbonyl (C=O) groups is 1. The molecule has 0 aliphatic carbocycles. The first-order valence-electron chi connectivity index (χ1n) is 6.53. The first-order valence-corrected chi connectivity index (χ1v) is 6.53. The van der Waals surface area contributed by atoms with Gasteiger partial charge in [0.05, 0.1) is 12.7 Å². The fraction of sp³-hybridized carbons (Fsp3) is 0.188. The maximum atomic E-state index is 10.8. The first-order chi connectivity index (χ1) is 10.2. The maximum absolute atomic E-state index is 10.8. The molecule has 2 N–H and O–H groups in total. The van der Waals surface area contributed by atoms with Crippen LogP contribution in [0, 0.1) is 0 Å². The van der Waals surface area contributed by atoms with Crippen molar-refractivity contribution in [2.24, 2.45) is 0 Å². The van der Waals surface area contributed by atoms with Crippen LogP contribution in [0.25, 0.3) is 0 Å². The van der Waals surface area contributed by atoms with Crippen LogP contribution < -0.4 is 14.8 Å². The molecule has 5 heteroatoms.